The monoisotopic (exact) mass is 151 g/mol. The van der Waals surface area contributed by atoms with Crippen LogP contribution in [0.1, 0.15) is 0 Å². The Morgan fingerprint density at radius 2 is 1.73 bits per heavy atom. The van der Waals surface area contributed by atoms with Crippen LogP contribution in [0.3, 0.4) is 0 Å². The van der Waals surface area contributed by atoms with Gasteiger partial charge in [-0.1, -0.05) is 12.1 Å². The SMILES string of the molecule is C=[O+]c1ccc(B(O)O)cc1. The maximum absolute atomic E-state index is 8.69. The molecule has 0 fully saturated rings. The first kappa shape index (κ1) is 7.98. The van der Waals surface area contributed by atoms with E-state index >= 15 is 0 Å². The molecule has 0 radical (unpaired) electrons. The van der Waals surface area contributed by atoms with Crippen LogP contribution in [0.4, 0.5) is 0 Å². The van der Waals surface area contributed by atoms with Crippen molar-refractivity contribution >= 4 is 19.4 Å². The summed E-state index contributed by atoms with van der Waals surface area (Å²) in [7, 11) is -1.42. The normalized spacial score (nSPS) is 9.27. The van der Waals surface area contributed by atoms with Crippen molar-refractivity contribution in [2.45, 2.75) is 0 Å². The van der Waals surface area contributed by atoms with Crippen molar-refractivity contribution in [3.8, 4) is 5.75 Å². The van der Waals surface area contributed by atoms with Gasteiger partial charge in [0.1, 0.15) is 0 Å². The summed E-state index contributed by atoms with van der Waals surface area (Å²) in [6.45, 7) is 3.21. The lowest BCUT2D eigenvalue weighted by Crippen LogP contribution is -2.29. The maximum atomic E-state index is 8.69. The molecule has 0 atom stereocenters. The summed E-state index contributed by atoms with van der Waals surface area (Å²) in [5.74, 6) is 0.592. The van der Waals surface area contributed by atoms with Gasteiger partial charge in [0.25, 0.3) is 6.79 Å². The molecule has 0 spiro atoms. The molecule has 1 rings (SSSR count). The molecule has 2 N–H and O–H groups in total. The Hall–Kier alpha value is -1.13. The predicted molar refractivity (Wildman–Crippen MR) is 42.8 cm³/mol. The Bertz CT molecular complexity index is 242. The third-order valence-electron chi connectivity index (χ3n) is 1.34. The Kier molecular flexibility index (Phi) is 2.41. The van der Waals surface area contributed by atoms with Crippen LogP contribution >= 0.6 is 0 Å². The van der Waals surface area contributed by atoms with Crippen molar-refractivity contribution in [3.05, 3.63) is 24.3 Å². The fourth-order valence-corrected chi connectivity index (χ4v) is 0.736. The minimum atomic E-state index is -1.42. The van der Waals surface area contributed by atoms with Gasteiger partial charge < -0.3 is 10.0 Å². The fourth-order valence-electron chi connectivity index (χ4n) is 0.736. The van der Waals surface area contributed by atoms with Gasteiger partial charge >= 0.3 is 12.9 Å². The smallest absolute Gasteiger partial charge is 0.423 e. The van der Waals surface area contributed by atoms with Gasteiger partial charge in [-0.05, 0) is 5.46 Å². The second kappa shape index (κ2) is 3.32. The fraction of sp³-hybridized carbons (Fsp3) is 0. The first-order chi connectivity index (χ1) is 5.24. The Labute approximate surface area is 64.8 Å². The van der Waals surface area contributed by atoms with Gasteiger partial charge in [0, 0.05) is 12.1 Å². The number of rotatable bonds is 2. The summed E-state index contributed by atoms with van der Waals surface area (Å²) in [6, 6.07) is 6.35. The van der Waals surface area contributed by atoms with Crippen LogP contribution in [0.2, 0.25) is 0 Å². The lowest BCUT2D eigenvalue weighted by atomic mass is 9.80. The predicted octanol–water partition coefficient (Wildman–Crippen LogP) is -0.556. The first-order valence-corrected chi connectivity index (χ1v) is 3.12. The summed E-state index contributed by atoms with van der Waals surface area (Å²) < 4.78 is 4.64. The van der Waals surface area contributed by atoms with Gasteiger partial charge in [0.15, 0.2) is 0 Å². The highest BCUT2D eigenvalue weighted by atomic mass is 16.4. The molecule has 0 bridgehead atoms. The Morgan fingerprint density at radius 3 is 2.09 bits per heavy atom. The zero-order valence-corrected chi connectivity index (χ0v) is 5.90. The largest absolute Gasteiger partial charge is 0.488 e. The summed E-state index contributed by atoms with van der Waals surface area (Å²) in [4.78, 5) is 0. The molecule has 0 unspecified atom stereocenters. The molecule has 1 aromatic carbocycles. The molecule has 56 valence electrons. The van der Waals surface area contributed by atoms with Crippen molar-refractivity contribution in [3.63, 3.8) is 0 Å². The summed E-state index contributed by atoms with van der Waals surface area (Å²) >= 11 is 0. The molecule has 0 heterocycles. The summed E-state index contributed by atoms with van der Waals surface area (Å²) in [6.07, 6.45) is 0. The lowest BCUT2D eigenvalue weighted by molar-refractivity contribution is -0.354. The summed E-state index contributed by atoms with van der Waals surface area (Å²) in [5.41, 5.74) is 0.436. The highest BCUT2D eigenvalue weighted by molar-refractivity contribution is 6.58. The van der Waals surface area contributed by atoms with Crippen LogP contribution in [0, 0.1) is 0 Å². The molecule has 0 aromatic heterocycles. The molecular weight excluding hydrogens is 143 g/mol. The van der Waals surface area contributed by atoms with Gasteiger partial charge in [-0.25, -0.2) is 4.42 Å². The molecular formula is C7H8BO3+. The van der Waals surface area contributed by atoms with Crippen LogP contribution in [0.25, 0.3) is 0 Å². The van der Waals surface area contributed by atoms with E-state index in [0.717, 1.165) is 0 Å². The molecule has 0 aliphatic rings. The zero-order chi connectivity index (χ0) is 8.27. The van der Waals surface area contributed by atoms with Crippen molar-refractivity contribution < 1.29 is 14.5 Å². The molecule has 0 amide bonds. The summed E-state index contributed by atoms with van der Waals surface area (Å²) in [5, 5.41) is 17.4. The molecule has 4 heteroatoms. The van der Waals surface area contributed by atoms with Gasteiger partial charge in [-0.3, -0.25) is 0 Å². The van der Waals surface area contributed by atoms with Crippen LogP contribution in [0.5, 0.6) is 5.75 Å². The second-order valence-corrected chi connectivity index (χ2v) is 2.09. The molecule has 0 aliphatic heterocycles. The van der Waals surface area contributed by atoms with Gasteiger partial charge in [0.2, 0.25) is 0 Å². The third-order valence-corrected chi connectivity index (χ3v) is 1.34. The van der Waals surface area contributed by atoms with E-state index < -0.39 is 7.12 Å². The van der Waals surface area contributed by atoms with Crippen molar-refractivity contribution in [2.75, 3.05) is 0 Å². The van der Waals surface area contributed by atoms with Gasteiger partial charge in [0.05, 0.1) is 0 Å². The van der Waals surface area contributed by atoms with E-state index in [1.165, 1.54) is 0 Å². The zero-order valence-electron chi connectivity index (χ0n) is 5.90. The minimum Gasteiger partial charge on any atom is -0.423 e. The number of hydrogen-bond acceptors (Lipinski definition) is 2. The van der Waals surface area contributed by atoms with Crippen LogP contribution in [-0.4, -0.2) is 24.0 Å². The Balaban J connectivity index is 2.91. The van der Waals surface area contributed by atoms with E-state index in [4.69, 9.17) is 10.0 Å². The van der Waals surface area contributed by atoms with Crippen molar-refractivity contribution in [2.24, 2.45) is 0 Å². The third kappa shape index (κ3) is 1.90. The van der Waals surface area contributed by atoms with Crippen LogP contribution < -0.4 is 5.46 Å². The standard InChI is InChI=1S/C7H8BO3/c1-11-7-4-2-6(3-5-7)8(9)10/h2-5,9-10H,1H2/q+1. The van der Waals surface area contributed by atoms with Crippen LogP contribution in [0.15, 0.2) is 24.3 Å². The molecule has 0 saturated carbocycles. The van der Waals surface area contributed by atoms with Gasteiger partial charge in [-0.2, -0.15) is 0 Å². The first-order valence-electron chi connectivity index (χ1n) is 3.12. The topological polar surface area (TPSA) is 51.8 Å². The van der Waals surface area contributed by atoms with E-state index in [2.05, 4.69) is 11.2 Å². The molecule has 0 aliphatic carbocycles. The number of hydrogen-bond donors (Lipinski definition) is 2. The van der Waals surface area contributed by atoms with E-state index in [1.54, 1.807) is 24.3 Å². The average Bonchev–Trinajstić information content (AvgIpc) is 2.05. The maximum Gasteiger partial charge on any atom is 0.488 e. The van der Waals surface area contributed by atoms with Crippen molar-refractivity contribution in [1.29, 1.82) is 0 Å². The molecule has 1 aromatic rings. The van der Waals surface area contributed by atoms with Crippen LogP contribution in [-0.2, 0) is 4.42 Å². The quantitative estimate of drug-likeness (QED) is 0.439. The number of benzene rings is 1. The van der Waals surface area contributed by atoms with Gasteiger partial charge in [-0.15, -0.1) is 0 Å². The second-order valence-electron chi connectivity index (χ2n) is 2.09. The minimum absolute atomic E-state index is 0.436. The lowest BCUT2D eigenvalue weighted by Gasteiger charge is -1.94. The highest BCUT2D eigenvalue weighted by Gasteiger charge is 2.11. The van der Waals surface area contributed by atoms with E-state index in [0.29, 0.717) is 11.2 Å². The Morgan fingerprint density at radius 1 is 1.18 bits per heavy atom. The average molecular weight is 151 g/mol. The highest BCUT2D eigenvalue weighted by Crippen LogP contribution is 2.05. The van der Waals surface area contributed by atoms with E-state index in [1.807, 2.05) is 0 Å². The molecule has 11 heavy (non-hydrogen) atoms. The van der Waals surface area contributed by atoms with Crippen molar-refractivity contribution in [1.82, 2.24) is 0 Å². The number of carbonyl (C=O) groups excluding carboxylic acids is 1. The molecule has 3 nitrogen and oxygen atoms in total. The molecule has 0 saturated heterocycles. The van der Waals surface area contributed by atoms with E-state index in [-0.39, 0.29) is 0 Å². The van der Waals surface area contributed by atoms with E-state index in [9.17, 15) is 0 Å².